The van der Waals surface area contributed by atoms with Gasteiger partial charge in [0.05, 0.1) is 10.6 Å². The topological polar surface area (TPSA) is 54.7 Å². The number of aromatic amines is 1. The lowest BCUT2D eigenvalue weighted by molar-refractivity contribution is 0.537. The first-order valence-electron chi connectivity index (χ1n) is 5.13. The van der Waals surface area contributed by atoms with E-state index >= 15 is 0 Å². The predicted octanol–water partition coefficient (Wildman–Crippen LogP) is 4.22. The first-order valence-corrected chi connectivity index (χ1v) is 7.23. The Balaban J connectivity index is 0.000000169. The molecule has 0 aliphatic heterocycles. The standard InChI is InChI=1S/C9H9NS2.C2H2N2OS/c1-6-7(2)12-9(10-6)8-4-3-5-11-8;6-2-4-3-1-5-2/h3-5H,1-2H3;1H,(H,4,6). The number of H-pyrrole nitrogens is 1. The van der Waals surface area contributed by atoms with Crippen molar-refractivity contribution >= 4 is 34.9 Å². The van der Waals surface area contributed by atoms with Crippen LogP contribution in [-0.2, 0) is 0 Å². The van der Waals surface area contributed by atoms with Crippen LogP contribution in [0.5, 0.6) is 0 Å². The van der Waals surface area contributed by atoms with Gasteiger partial charge in [-0.15, -0.1) is 27.8 Å². The quantitative estimate of drug-likeness (QED) is 0.683. The SMILES string of the molecule is Cc1nc(-c2cccs2)sc1C.S=c1[nH]nco1. The van der Waals surface area contributed by atoms with Crippen LogP contribution in [0.25, 0.3) is 9.88 Å². The van der Waals surface area contributed by atoms with Crippen molar-refractivity contribution in [3.05, 3.63) is 39.3 Å². The summed E-state index contributed by atoms with van der Waals surface area (Å²) in [5.41, 5.74) is 1.16. The molecule has 0 amide bonds. The van der Waals surface area contributed by atoms with Gasteiger partial charge in [-0.3, -0.25) is 0 Å². The van der Waals surface area contributed by atoms with Crippen molar-refractivity contribution in [3.63, 3.8) is 0 Å². The van der Waals surface area contributed by atoms with Crippen LogP contribution < -0.4 is 0 Å². The summed E-state index contributed by atoms with van der Waals surface area (Å²) in [4.78, 5) is 7.39. The summed E-state index contributed by atoms with van der Waals surface area (Å²) >= 11 is 7.98. The van der Waals surface area contributed by atoms with E-state index in [9.17, 15) is 0 Å². The molecular formula is C11H11N3OS3. The van der Waals surface area contributed by atoms with Crippen molar-refractivity contribution in [3.8, 4) is 9.88 Å². The monoisotopic (exact) mass is 297 g/mol. The van der Waals surface area contributed by atoms with Gasteiger partial charge in [0, 0.05) is 4.88 Å². The molecule has 0 saturated carbocycles. The van der Waals surface area contributed by atoms with Gasteiger partial charge in [-0.25, -0.2) is 10.1 Å². The molecule has 1 N–H and O–H groups in total. The van der Waals surface area contributed by atoms with Crippen molar-refractivity contribution in [1.29, 1.82) is 0 Å². The van der Waals surface area contributed by atoms with Crippen LogP contribution in [0.3, 0.4) is 0 Å². The number of nitrogens with one attached hydrogen (secondary N) is 1. The second-order valence-electron chi connectivity index (χ2n) is 3.39. The molecular weight excluding hydrogens is 286 g/mol. The number of aromatic nitrogens is 3. The fourth-order valence-corrected chi connectivity index (χ4v) is 2.96. The molecule has 0 unspecified atom stereocenters. The van der Waals surface area contributed by atoms with Crippen LogP contribution in [0.15, 0.2) is 28.3 Å². The summed E-state index contributed by atoms with van der Waals surface area (Å²) in [7, 11) is 0. The minimum atomic E-state index is 0.315. The summed E-state index contributed by atoms with van der Waals surface area (Å²) < 4.78 is 4.48. The molecule has 0 radical (unpaired) electrons. The fourth-order valence-electron chi connectivity index (χ4n) is 1.16. The fraction of sp³-hybridized carbons (Fsp3) is 0.182. The van der Waals surface area contributed by atoms with Gasteiger partial charge in [0.1, 0.15) is 5.01 Å². The van der Waals surface area contributed by atoms with E-state index in [4.69, 9.17) is 0 Å². The van der Waals surface area contributed by atoms with E-state index < -0.39 is 0 Å². The highest BCUT2D eigenvalue weighted by molar-refractivity contribution is 7.71. The molecule has 94 valence electrons. The zero-order valence-electron chi connectivity index (χ0n) is 9.84. The first-order chi connectivity index (χ1) is 8.66. The largest absolute Gasteiger partial charge is 0.417 e. The summed E-state index contributed by atoms with van der Waals surface area (Å²) in [5, 5.41) is 9.06. The average molecular weight is 297 g/mol. The number of aryl methyl sites for hydroxylation is 2. The third-order valence-electron chi connectivity index (χ3n) is 2.13. The van der Waals surface area contributed by atoms with E-state index in [0.717, 1.165) is 10.7 Å². The molecule has 0 bridgehead atoms. The Morgan fingerprint density at radius 1 is 1.39 bits per heavy atom. The molecule has 0 fully saturated rings. The second kappa shape index (κ2) is 6.03. The van der Waals surface area contributed by atoms with Crippen molar-refractivity contribution in [2.75, 3.05) is 0 Å². The van der Waals surface area contributed by atoms with Gasteiger partial charge in [-0.05, 0) is 37.5 Å². The molecule has 3 heterocycles. The number of nitrogens with zero attached hydrogens (tertiary/aromatic N) is 2. The molecule has 18 heavy (non-hydrogen) atoms. The van der Waals surface area contributed by atoms with E-state index in [0.29, 0.717) is 4.84 Å². The molecule has 0 aliphatic rings. The lowest BCUT2D eigenvalue weighted by Crippen LogP contribution is -1.72. The van der Waals surface area contributed by atoms with Crippen LogP contribution >= 0.6 is 34.9 Å². The molecule has 0 spiro atoms. The summed E-state index contributed by atoms with van der Waals surface area (Å²) in [5.74, 6) is 0. The summed E-state index contributed by atoms with van der Waals surface area (Å²) in [6.07, 6.45) is 1.25. The Hall–Kier alpha value is -1.31. The number of rotatable bonds is 1. The summed E-state index contributed by atoms with van der Waals surface area (Å²) in [6, 6.07) is 4.18. The van der Waals surface area contributed by atoms with Crippen molar-refractivity contribution < 1.29 is 4.42 Å². The van der Waals surface area contributed by atoms with Crippen molar-refractivity contribution in [2.45, 2.75) is 13.8 Å². The normalized spacial score (nSPS) is 9.89. The minimum absolute atomic E-state index is 0.315. The van der Waals surface area contributed by atoms with E-state index in [1.165, 1.54) is 16.1 Å². The Kier molecular flexibility index (Phi) is 4.40. The van der Waals surface area contributed by atoms with Gasteiger partial charge in [0.25, 0.3) is 4.84 Å². The van der Waals surface area contributed by atoms with Crippen LogP contribution in [0.2, 0.25) is 0 Å². The van der Waals surface area contributed by atoms with Gasteiger partial charge < -0.3 is 4.42 Å². The molecule has 0 atom stereocenters. The van der Waals surface area contributed by atoms with Crippen LogP contribution in [0, 0.1) is 18.7 Å². The van der Waals surface area contributed by atoms with E-state index in [-0.39, 0.29) is 0 Å². The van der Waals surface area contributed by atoms with Gasteiger partial charge in [-0.1, -0.05) is 6.07 Å². The first kappa shape index (κ1) is 13.1. The minimum Gasteiger partial charge on any atom is -0.417 e. The molecule has 3 aromatic rings. The van der Waals surface area contributed by atoms with Crippen LogP contribution in [-0.4, -0.2) is 15.2 Å². The van der Waals surface area contributed by atoms with E-state index in [2.05, 4.69) is 63.2 Å². The third kappa shape index (κ3) is 3.34. The molecule has 7 heteroatoms. The highest BCUT2D eigenvalue weighted by Crippen LogP contribution is 2.30. The number of thiazole rings is 1. The van der Waals surface area contributed by atoms with Crippen molar-refractivity contribution in [2.24, 2.45) is 0 Å². The van der Waals surface area contributed by atoms with Crippen molar-refractivity contribution in [1.82, 2.24) is 15.2 Å². The smallest absolute Gasteiger partial charge is 0.284 e. The van der Waals surface area contributed by atoms with Gasteiger partial charge >= 0.3 is 0 Å². The summed E-state index contributed by atoms with van der Waals surface area (Å²) in [6.45, 7) is 4.17. The maximum atomic E-state index is 4.48. The zero-order chi connectivity index (χ0) is 13.0. The Labute approximate surface area is 117 Å². The Morgan fingerprint density at radius 3 is 2.61 bits per heavy atom. The Morgan fingerprint density at radius 2 is 2.22 bits per heavy atom. The number of hydrogen-bond donors (Lipinski definition) is 1. The molecule has 0 aromatic carbocycles. The predicted molar refractivity (Wildman–Crippen MR) is 76.6 cm³/mol. The number of thiophene rings is 1. The molecule has 3 rings (SSSR count). The average Bonchev–Trinajstić information content (AvgIpc) is 3.03. The lowest BCUT2D eigenvalue weighted by Gasteiger charge is -1.84. The third-order valence-corrected chi connectivity index (χ3v) is 4.43. The van der Waals surface area contributed by atoms with Gasteiger partial charge in [0.15, 0.2) is 0 Å². The highest BCUT2D eigenvalue weighted by Gasteiger charge is 2.05. The van der Waals surface area contributed by atoms with E-state index in [1.807, 2.05) is 0 Å². The highest BCUT2D eigenvalue weighted by atomic mass is 32.1. The van der Waals surface area contributed by atoms with E-state index in [1.54, 1.807) is 22.7 Å². The second-order valence-corrected chi connectivity index (χ2v) is 5.91. The molecule has 4 nitrogen and oxygen atoms in total. The Bertz CT molecular complexity index is 615. The maximum Gasteiger partial charge on any atom is 0.284 e. The zero-order valence-corrected chi connectivity index (χ0v) is 12.3. The number of hydrogen-bond acceptors (Lipinski definition) is 6. The maximum absolute atomic E-state index is 4.48. The van der Waals surface area contributed by atoms with Crippen LogP contribution in [0.1, 0.15) is 10.6 Å². The van der Waals surface area contributed by atoms with Gasteiger partial charge in [-0.2, -0.15) is 0 Å². The lowest BCUT2D eigenvalue weighted by atomic mass is 10.4. The van der Waals surface area contributed by atoms with Crippen LogP contribution in [0.4, 0.5) is 0 Å². The van der Waals surface area contributed by atoms with Gasteiger partial charge in [0.2, 0.25) is 6.39 Å². The molecule has 3 aromatic heterocycles. The molecule has 0 aliphatic carbocycles. The molecule has 0 saturated heterocycles.